The number of amides is 1. The van der Waals surface area contributed by atoms with E-state index in [1.807, 2.05) is 4.90 Å². The maximum Gasteiger partial charge on any atom is 0.248 e. The van der Waals surface area contributed by atoms with Gasteiger partial charge in [-0.25, -0.2) is 0 Å². The summed E-state index contributed by atoms with van der Waals surface area (Å²) in [5, 5.41) is 11.3. The number of hydrogen-bond acceptors (Lipinski definition) is 4. The number of ether oxygens (including phenoxy) is 1. The van der Waals surface area contributed by atoms with Gasteiger partial charge in [0.1, 0.15) is 6.61 Å². The Morgan fingerprint density at radius 3 is 2.70 bits per heavy atom. The second kappa shape index (κ2) is 5.28. The molecule has 1 amide bonds. The summed E-state index contributed by atoms with van der Waals surface area (Å²) in [7, 11) is 2.14. The normalized spacial score (nSPS) is 34.9. The van der Waals surface area contributed by atoms with Crippen LogP contribution in [0, 0.1) is 5.41 Å². The number of morpholine rings is 1. The molecule has 1 spiro atoms. The van der Waals surface area contributed by atoms with Crippen molar-refractivity contribution in [1.82, 2.24) is 9.80 Å². The molecule has 114 valence electrons. The zero-order chi connectivity index (χ0) is 14.2. The van der Waals surface area contributed by atoms with Crippen LogP contribution in [-0.4, -0.2) is 72.9 Å². The lowest BCUT2D eigenvalue weighted by Crippen LogP contribution is -2.63. The molecule has 1 aliphatic carbocycles. The van der Waals surface area contributed by atoms with Gasteiger partial charge < -0.3 is 19.6 Å². The fraction of sp³-hybridized carbons (Fsp3) is 0.933. The second-order valence-corrected chi connectivity index (χ2v) is 6.87. The van der Waals surface area contributed by atoms with E-state index in [0.29, 0.717) is 19.7 Å². The summed E-state index contributed by atoms with van der Waals surface area (Å²) in [6.45, 7) is 3.74. The molecule has 0 aromatic heterocycles. The number of hydrogen-bond donors (Lipinski definition) is 1. The molecular formula is C15H26N2O3. The van der Waals surface area contributed by atoms with E-state index in [1.165, 1.54) is 12.8 Å². The van der Waals surface area contributed by atoms with Crippen molar-refractivity contribution in [2.45, 2.75) is 37.7 Å². The van der Waals surface area contributed by atoms with Gasteiger partial charge in [0.25, 0.3) is 0 Å². The van der Waals surface area contributed by atoms with Crippen LogP contribution < -0.4 is 0 Å². The number of carbonyl (C=O) groups excluding carboxylic acids is 1. The van der Waals surface area contributed by atoms with Gasteiger partial charge in [0, 0.05) is 25.0 Å². The van der Waals surface area contributed by atoms with Crippen molar-refractivity contribution in [1.29, 1.82) is 0 Å². The highest BCUT2D eigenvalue weighted by molar-refractivity contribution is 5.78. The summed E-state index contributed by atoms with van der Waals surface area (Å²) in [4.78, 5) is 16.1. The minimum Gasteiger partial charge on any atom is -0.387 e. The van der Waals surface area contributed by atoms with E-state index in [1.54, 1.807) is 0 Å². The number of likely N-dealkylation sites (tertiary alicyclic amines) is 1. The Hall–Kier alpha value is -0.650. The van der Waals surface area contributed by atoms with Crippen molar-refractivity contribution >= 4 is 5.91 Å². The third-order valence-electron chi connectivity index (χ3n) is 5.56. The van der Waals surface area contributed by atoms with Crippen LogP contribution in [0.4, 0.5) is 0 Å². The number of β-amino-alcohol motifs (C(OH)–C–C–N with tert-alkyl or cyclic N) is 1. The molecule has 0 aromatic carbocycles. The molecule has 5 heteroatoms. The molecule has 1 saturated carbocycles. The van der Waals surface area contributed by atoms with Crippen LogP contribution in [0.5, 0.6) is 0 Å². The molecule has 0 radical (unpaired) electrons. The van der Waals surface area contributed by atoms with Crippen LogP contribution >= 0.6 is 0 Å². The molecular weight excluding hydrogens is 256 g/mol. The van der Waals surface area contributed by atoms with E-state index in [4.69, 9.17) is 4.74 Å². The maximum atomic E-state index is 12.0. The summed E-state index contributed by atoms with van der Waals surface area (Å²) in [5.41, 5.74) is -0.735. The van der Waals surface area contributed by atoms with Crippen LogP contribution in [0.25, 0.3) is 0 Å². The van der Waals surface area contributed by atoms with E-state index in [9.17, 15) is 9.90 Å². The largest absolute Gasteiger partial charge is 0.387 e. The topological polar surface area (TPSA) is 53.0 Å². The van der Waals surface area contributed by atoms with Crippen molar-refractivity contribution in [3.8, 4) is 0 Å². The highest BCUT2D eigenvalue weighted by atomic mass is 16.5. The molecule has 2 heterocycles. The number of rotatable bonds is 2. The molecule has 1 unspecified atom stereocenters. The monoisotopic (exact) mass is 282 g/mol. The van der Waals surface area contributed by atoms with Crippen molar-refractivity contribution in [2.24, 2.45) is 5.41 Å². The van der Waals surface area contributed by atoms with E-state index in [2.05, 4.69) is 11.9 Å². The average molecular weight is 282 g/mol. The van der Waals surface area contributed by atoms with Crippen LogP contribution in [0.1, 0.15) is 32.1 Å². The van der Waals surface area contributed by atoms with Crippen LogP contribution in [-0.2, 0) is 9.53 Å². The molecule has 2 saturated heterocycles. The fourth-order valence-corrected chi connectivity index (χ4v) is 4.34. The molecule has 0 aromatic rings. The highest BCUT2D eigenvalue weighted by Gasteiger charge is 2.55. The third kappa shape index (κ3) is 2.36. The van der Waals surface area contributed by atoms with E-state index in [-0.39, 0.29) is 17.9 Å². The fourth-order valence-electron chi connectivity index (χ4n) is 4.34. The Balaban J connectivity index is 1.79. The maximum absolute atomic E-state index is 12.0. The second-order valence-electron chi connectivity index (χ2n) is 6.87. The molecule has 3 fully saturated rings. The predicted molar refractivity (Wildman–Crippen MR) is 75.4 cm³/mol. The smallest absolute Gasteiger partial charge is 0.248 e. The average Bonchev–Trinajstić information content (AvgIpc) is 2.88. The van der Waals surface area contributed by atoms with E-state index >= 15 is 0 Å². The third-order valence-corrected chi connectivity index (χ3v) is 5.56. The molecule has 0 bridgehead atoms. The number of nitrogens with zero attached hydrogens (tertiary/aromatic N) is 2. The first-order chi connectivity index (χ1) is 9.55. The van der Waals surface area contributed by atoms with Crippen molar-refractivity contribution in [3.63, 3.8) is 0 Å². The summed E-state index contributed by atoms with van der Waals surface area (Å²) in [6.07, 6.45) is 5.35. The summed E-state index contributed by atoms with van der Waals surface area (Å²) < 4.78 is 5.19. The van der Waals surface area contributed by atoms with E-state index in [0.717, 1.165) is 32.4 Å². The van der Waals surface area contributed by atoms with Gasteiger partial charge in [-0.05, 0) is 26.3 Å². The minimum absolute atomic E-state index is 0.0153. The quantitative estimate of drug-likeness (QED) is 0.800. The molecule has 1 N–H and O–H groups in total. The van der Waals surface area contributed by atoms with Gasteiger partial charge in [-0.2, -0.15) is 0 Å². The van der Waals surface area contributed by atoms with Gasteiger partial charge in [-0.1, -0.05) is 12.8 Å². The number of carbonyl (C=O) groups is 1. The lowest BCUT2D eigenvalue weighted by molar-refractivity contribution is -0.166. The standard InChI is InChI=1S/C15H26N2O3/c1-16-7-6-15(19,14(11-16)4-2-3-5-14)12-17-8-9-20-10-13(17)18/h19H,2-12H2,1H3. The van der Waals surface area contributed by atoms with E-state index < -0.39 is 5.60 Å². The molecule has 1 atom stereocenters. The van der Waals surface area contributed by atoms with Crippen molar-refractivity contribution < 1.29 is 14.6 Å². The van der Waals surface area contributed by atoms with Crippen LogP contribution in [0.15, 0.2) is 0 Å². The van der Waals surface area contributed by atoms with Gasteiger partial charge in [0.05, 0.1) is 18.8 Å². The summed E-state index contributed by atoms with van der Waals surface area (Å²) in [5.74, 6) is 0.0248. The molecule has 20 heavy (non-hydrogen) atoms. The summed E-state index contributed by atoms with van der Waals surface area (Å²) >= 11 is 0. The summed E-state index contributed by atoms with van der Waals surface area (Å²) in [6, 6.07) is 0. The van der Waals surface area contributed by atoms with Gasteiger partial charge >= 0.3 is 0 Å². The lowest BCUT2D eigenvalue weighted by Gasteiger charge is -2.53. The van der Waals surface area contributed by atoms with Gasteiger partial charge in [0.15, 0.2) is 0 Å². The zero-order valence-corrected chi connectivity index (χ0v) is 12.4. The molecule has 2 aliphatic heterocycles. The predicted octanol–water partition coefficient (Wildman–Crippen LogP) is 0.472. The lowest BCUT2D eigenvalue weighted by atomic mass is 9.65. The first kappa shape index (κ1) is 14.3. The van der Waals surface area contributed by atoms with Crippen molar-refractivity contribution in [2.75, 3.05) is 46.4 Å². The van der Waals surface area contributed by atoms with Crippen LogP contribution in [0.3, 0.4) is 0 Å². The Labute approximate surface area is 120 Å². The molecule has 3 aliphatic rings. The van der Waals surface area contributed by atoms with Crippen molar-refractivity contribution in [3.05, 3.63) is 0 Å². The zero-order valence-electron chi connectivity index (χ0n) is 12.4. The number of aliphatic hydroxyl groups is 1. The van der Waals surface area contributed by atoms with Gasteiger partial charge in [-0.15, -0.1) is 0 Å². The Kier molecular flexibility index (Phi) is 3.77. The first-order valence-corrected chi connectivity index (χ1v) is 7.81. The van der Waals surface area contributed by atoms with Crippen LogP contribution in [0.2, 0.25) is 0 Å². The SMILES string of the molecule is CN1CCC(O)(CN2CCOCC2=O)C2(CCCC2)C1. The van der Waals surface area contributed by atoms with Gasteiger partial charge in [0.2, 0.25) is 5.91 Å². The number of piperidine rings is 1. The van der Waals surface area contributed by atoms with Gasteiger partial charge in [-0.3, -0.25) is 4.79 Å². The highest BCUT2D eigenvalue weighted by Crippen LogP contribution is 2.51. The minimum atomic E-state index is -0.719. The first-order valence-electron chi connectivity index (χ1n) is 7.81. The Morgan fingerprint density at radius 1 is 1.25 bits per heavy atom. The Bertz CT molecular complexity index is 381. The molecule has 3 rings (SSSR count). The molecule has 5 nitrogen and oxygen atoms in total. The Morgan fingerprint density at radius 2 is 2.00 bits per heavy atom.